The normalized spacial score (nSPS) is 39.6. The van der Waals surface area contributed by atoms with E-state index < -0.39 is 12.0 Å². The predicted octanol–water partition coefficient (Wildman–Crippen LogP) is 1.22. The van der Waals surface area contributed by atoms with Crippen LogP contribution in [0.15, 0.2) is 0 Å². The van der Waals surface area contributed by atoms with Gasteiger partial charge in [-0.05, 0) is 36.9 Å². The number of carboxylic acid groups (broad SMARTS) is 1. The molecule has 5 heteroatoms. The molecule has 17 heavy (non-hydrogen) atoms. The Bertz CT molecular complexity index is 310. The molecular formula is C12H22BNO3. The van der Waals surface area contributed by atoms with Gasteiger partial charge in [0.05, 0.1) is 0 Å². The van der Waals surface area contributed by atoms with Crippen LogP contribution in [-0.2, 0) is 4.79 Å². The zero-order valence-electron chi connectivity index (χ0n) is 10.6. The molecule has 96 valence electrons. The Hall–Kier alpha value is -0.545. The molecule has 4 unspecified atom stereocenters. The molecule has 0 aromatic carbocycles. The molecule has 1 saturated carbocycles. The highest BCUT2D eigenvalue weighted by Crippen LogP contribution is 2.52. The van der Waals surface area contributed by atoms with Crippen molar-refractivity contribution in [2.75, 3.05) is 0 Å². The van der Waals surface area contributed by atoms with Gasteiger partial charge in [-0.25, -0.2) is 0 Å². The van der Waals surface area contributed by atoms with E-state index in [4.69, 9.17) is 0 Å². The molecule has 0 amide bonds. The van der Waals surface area contributed by atoms with Crippen molar-refractivity contribution in [1.29, 1.82) is 0 Å². The monoisotopic (exact) mass is 239 g/mol. The summed E-state index contributed by atoms with van der Waals surface area (Å²) in [5.41, 5.74) is -0.135. The SMILES string of the molecule is CB(O)CCCC1(C)C(C(=O)O)NC2CCC21. The Morgan fingerprint density at radius 2 is 2.24 bits per heavy atom. The average molecular weight is 239 g/mol. The van der Waals surface area contributed by atoms with Crippen LogP contribution in [0.3, 0.4) is 0 Å². The van der Waals surface area contributed by atoms with Crippen molar-refractivity contribution >= 4 is 12.9 Å². The largest absolute Gasteiger partial charge is 0.480 e. The molecule has 2 rings (SSSR count). The number of fused-ring (bicyclic) bond motifs is 1. The zero-order valence-corrected chi connectivity index (χ0v) is 10.6. The van der Waals surface area contributed by atoms with Gasteiger partial charge in [-0.3, -0.25) is 4.79 Å². The molecule has 1 saturated heterocycles. The lowest BCUT2D eigenvalue weighted by Gasteiger charge is -2.40. The summed E-state index contributed by atoms with van der Waals surface area (Å²) < 4.78 is 0. The Morgan fingerprint density at radius 1 is 1.53 bits per heavy atom. The van der Waals surface area contributed by atoms with Gasteiger partial charge < -0.3 is 15.4 Å². The first-order valence-electron chi connectivity index (χ1n) is 6.62. The highest BCUT2D eigenvalue weighted by atomic mass is 16.4. The van der Waals surface area contributed by atoms with E-state index in [0.717, 1.165) is 32.0 Å². The van der Waals surface area contributed by atoms with Gasteiger partial charge in [-0.1, -0.05) is 20.2 Å². The van der Waals surface area contributed by atoms with Crippen molar-refractivity contribution in [3.8, 4) is 0 Å². The average Bonchev–Trinajstić information content (AvgIpc) is 2.32. The highest BCUT2D eigenvalue weighted by molar-refractivity contribution is 6.48. The zero-order chi connectivity index (χ0) is 12.6. The van der Waals surface area contributed by atoms with Crippen LogP contribution >= 0.6 is 0 Å². The van der Waals surface area contributed by atoms with E-state index in [1.165, 1.54) is 0 Å². The molecule has 1 aliphatic carbocycles. The number of hydrogen-bond acceptors (Lipinski definition) is 3. The molecule has 4 nitrogen and oxygen atoms in total. The van der Waals surface area contributed by atoms with Gasteiger partial charge in [0.15, 0.2) is 0 Å². The first kappa shape index (κ1) is 12.9. The minimum Gasteiger partial charge on any atom is -0.480 e. The van der Waals surface area contributed by atoms with Crippen molar-refractivity contribution < 1.29 is 14.9 Å². The van der Waals surface area contributed by atoms with Gasteiger partial charge in [-0.2, -0.15) is 0 Å². The van der Waals surface area contributed by atoms with E-state index in [1.807, 2.05) is 0 Å². The highest BCUT2D eigenvalue weighted by Gasteiger charge is 2.57. The van der Waals surface area contributed by atoms with E-state index >= 15 is 0 Å². The Balaban J connectivity index is 2.01. The number of nitrogens with one attached hydrogen (secondary N) is 1. The van der Waals surface area contributed by atoms with Crippen LogP contribution in [-0.4, -0.2) is 35.1 Å². The summed E-state index contributed by atoms with van der Waals surface area (Å²) in [5, 5.41) is 21.9. The third-order valence-corrected chi connectivity index (χ3v) is 4.75. The summed E-state index contributed by atoms with van der Waals surface area (Å²) in [6.45, 7) is 3.61. The third kappa shape index (κ3) is 2.23. The van der Waals surface area contributed by atoms with E-state index in [0.29, 0.717) is 12.0 Å². The Kier molecular flexibility index (Phi) is 3.50. The van der Waals surface area contributed by atoms with E-state index in [2.05, 4.69) is 12.2 Å². The summed E-state index contributed by atoms with van der Waals surface area (Å²) in [6.07, 6.45) is 4.82. The molecule has 0 aromatic rings. The van der Waals surface area contributed by atoms with Crippen LogP contribution in [0.5, 0.6) is 0 Å². The molecule has 0 radical (unpaired) electrons. The van der Waals surface area contributed by atoms with Crippen LogP contribution in [0.25, 0.3) is 0 Å². The van der Waals surface area contributed by atoms with Crippen LogP contribution in [0.4, 0.5) is 0 Å². The van der Waals surface area contributed by atoms with Gasteiger partial charge in [0.1, 0.15) is 6.04 Å². The predicted molar refractivity (Wildman–Crippen MR) is 67.1 cm³/mol. The molecule has 0 aromatic heterocycles. The molecule has 1 aliphatic heterocycles. The lowest BCUT2D eigenvalue weighted by molar-refractivity contribution is -0.142. The molecule has 0 bridgehead atoms. The summed E-state index contributed by atoms with van der Waals surface area (Å²) in [7, 11) is 0. The van der Waals surface area contributed by atoms with Crippen molar-refractivity contribution in [1.82, 2.24) is 5.32 Å². The Morgan fingerprint density at radius 3 is 2.71 bits per heavy atom. The van der Waals surface area contributed by atoms with Crippen molar-refractivity contribution in [2.45, 2.75) is 57.8 Å². The fourth-order valence-electron chi connectivity index (χ4n) is 3.57. The second kappa shape index (κ2) is 4.61. The molecular weight excluding hydrogens is 217 g/mol. The van der Waals surface area contributed by atoms with Gasteiger partial charge in [0.25, 0.3) is 6.92 Å². The topological polar surface area (TPSA) is 69.6 Å². The number of carboxylic acids is 1. The minimum atomic E-state index is -0.723. The standard InChI is InChI=1S/C12H22BNO3/c1-12(6-3-7-13(2)17)8-4-5-9(8)14-10(12)11(15)16/h8-10,14,17H,3-7H2,1-2H3,(H,15,16). The van der Waals surface area contributed by atoms with Crippen molar-refractivity contribution in [3.05, 3.63) is 0 Å². The summed E-state index contributed by atoms with van der Waals surface area (Å²) in [5.74, 6) is -0.212. The second-order valence-corrected chi connectivity index (χ2v) is 5.98. The molecule has 3 N–H and O–H groups in total. The maximum atomic E-state index is 11.3. The molecule has 1 heterocycles. The first-order chi connectivity index (χ1) is 7.95. The fraction of sp³-hybridized carbons (Fsp3) is 0.917. The van der Waals surface area contributed by atoms with Gasteiger partial charge in [0, 0.05) is 6.04 Å². The number of aliphatic carboxylic acids is 1. The van der Waals surface area contributed by atoms with E-state index in [9.17, 15) is 14.9 Å². The quantitative estimate of drug-likeness (QED) is 0.631. The fourth-order valence-corrected chi connectivity index (χ4v) is 3.57. The smallest absolute Gasteiger partial charge is 0.321 e. The third-order valence-electron chi connectivity index (χ3n) is 4.75. The van der Waals surface area contributed by atoms with Gasteiger partial charge >= 0.3 is 5.97 Å². The molecule has 2 aliphatic rings. The van der Waals surface area contributed by atoms with E-state index in [1.54, 1.807) is 6.82 Å². The second-order valence-electron chi connectivity index (χ2n) is 5.98. The Labute approximate surface area is 103 Å². The van der Waals surface area contributed by atoms with Gasteiger partial charge in [0.2, 0.25) is 0 Å². The van der Waals surface area contributed by atoms with Crippen LogP contribution < -0.4 is 5.32 Å². The molecule has 2 fully saturated rings. The van der Waals surface area contributed by atoms with Crippen molar-refractivity contribution in [2.24, 2.45) is 11.3 Å². The minimum absolute atomic E-state index is 0.135. The maximum absolute atomic E-state index is 11.3. The summed E-state index contributed by atoms with van der Waals surface area (Å²) >= 11 is 0. The van der Waals surface area contributed by atoms with Crippen LogP contribution in [0.2, 0.25) is 13.1 Å². The molecule has 0 spiro atoms. The number of carbonyl (C=O) groups is 1. The maximum Gasteiger partial charge on any atom is 0.321 e. The molecule has 4 atom stereocenters. The number of rotatable bonds is 5. The first-order valence-corrected chi connectivity index (χ1v) is 6.62. The van der Waals surface area contributed by atoms with Crippen molar-refractivity contribution in [3.63, 3.8) is 0 Å². The van der Waals surface area contributed by atoms with Crippen LogP contribution in [0, 0.1) is 11.3 Å². The van der Waals surface area contributed by atoms with Gasteiger partial charge in [-0.15, -0.1) is 0 Å². The van der Waals surface area contributed by atoms with Crippen LogP contribution in [0.1, 0.15) is 32.6 Å². The number of hydrogen-bond donors (Lipinski definition) is 3. The lowest BCUT2D eigenvalue weighted by atomic mass is 9.60. The lowest BCUT2D eigenvalue weighted by Crippen LogP contribution is -2.43. The summed E-state index contributed by atoms with van der Waals surface area (Å²) in [4.78, 5) is 11.3. The van der Waals surface area contributed by atoms with E-state index in [-0.39, 0.29) is 12.3 Å². The summed E-state index contributed by atoms with van der Waals surface area (Å²) in [6, 6.07) is 0.00153.